The molecule has 0 bridgehead atoms. The minimum Gasteiger partial charge on any atom is -0.330 e. The number of pyridine rings is 1. The molecule has 2 amide bonds. The van der Waals surface area contributed by atoms with Gasteiger partial charge in [-0.3, -0.25) is 4.98 Å². The summed E-state index contributed by atoms with van der Waals surface area (Å²) in [5.74, 6) is 0. The van der Waals surface area contributed by atoms with E-state index >= 15 is 0 Å². The molecule has 0 radical (unpaired) electrons. The highest BCUT2D eigenvalue weighted by Gasteiger charge is 2.26. The molecule has 8 heteroatoms. The largest absolute Gasteiger partial charge is 0.330 e. The van der Waals surface area contributed by atoms with Crippen LogP contribution < -0.4 is 10.0 Å². The van der Waals surface area contributed by atoms with E-state index in [1.54, 1.807) is 11.1 Å². The predicted molar refractivity (Wildman–Crippen MR) is 83.8 cm³/mol. The predicted octanol–water partition coefficient (Wildman–Crippen LogP) is 0.866. The second kappa shape index (κ2) is 7.06. The summed E-state index contributed by atoms with van der Waals surface area (Å²) in [7, 11) is -3.26. The molecule has 2 rings (SSSR count). The van der Waals surface area contributed by atoms with Gasteiger partial charge in [-0.05, 0) is 31.9 Å². The summed E-state index contributed by atoms with van der Waals surface area (Å²) in [6.45, 7) is 2.88. The minimum absolute atomic E-state index is 0.196. The molecular formula is C14H22N4O3S. The standard InChI is InChI=1S/C14H22N4O3S/c1-11(13-7-3-4-8-15-13)16-14(19)18-9-5-6-12(10-18)17-22(2,20)21/h3-4,7-8,11-12,17H,5-6,9-10H2,1-2H3,(H,16,19). The zero-order valence-corrected chi connectivity index (χ0v) is 13.6. The molecule has 2 atom stereocenters. The summed E-state index contributed by atoms with van der Waals surface area (Å²) < 4.78 is 25.2. The first-order valence-corrected chi connectivity index (χ1v) is 9.18. The molecule has 0 aliphatic carbocycles. The number of sulfonamides is 1. The minimum atomic E-state index is -3.26. The second-order valence-corrected chi connectivity index (χ2v) is 7.38. The lowest BCUT2D eigenvalue weighted by Crippen LogP contribution is -2.52. The fourth-order valence-electron chi connectivity index (χ4n) is 2.54. The van der Waals surface area contributed by atoms with Crippen molar-refractivity contribution in [2.75, 3.05) is 19.3 Å². The van der Waals surface area contributed by atoms with Gasteiger partial charge >= 0.3 is 6.03 Å². The first-order valence-electron chi connectivity index (χ1n) is 7.29. The number of aromatic nitrogens is 1. The van der Waals surface area contributed by atoms with E-state index in [0.29, 0.717) is 13.1 Å². The van der Waals surface area contributed by atoms with Gasteiger partial charge in [0.05, 0.1) is 18.0 Å². The summed E-state index contributed by atoms with van der Waals surface area (Å²) in [6, 6.07) is 4.94. The molecular weight excluding hydrogens is 304 g/mol. The van der Waals surface area contributed by atoms with Crippen molar-refractivity contribution in [2.24, 2.45) is 0 Å². The lowest BCUT2D eigenvalue weighted by Gasteiger charge is -2.33. The third kappa shape index (κ3) is 4.96. The van der Waals surface area contributed by atoms with Gasteiger partial charge in [0.25, 0.3) is 0 Å². The van der Waals surface area contributed by atoms with Gasteiger partial charge in [0.2, 0.25) is 10.0 Å². The molecule has 2 N–H and O–H groups in total. The Morgan fingerprint density at radius 1 is 1.45 bits per heavy atom. The third-order valence-electron chi connectivity index (χ3n) is 3.56. The Kier molecular flexibility index (Phi) is 5.36. The van der Waals surface area contributed by atoms with E-state index in [0.717, 1.165) is 24.8 Å². The maximum Gasteiger partial charge on any atom is 0.317 e. The van der Waals surface area contributed by atoms with E-state index in [4.69, 9.17) is 0 Å². The number of nitrogens with one attached hydrogen (secondary N) is 2. The van der Waals surface area contributed by atoms with Crippen LogP contribution >= 0.6 is 0 Å². The number of nitrogens with zero attached hydrogens (tertiary/aromatic N) is 2. The van der Waals surface area contributed by atoms with Gasteiger partial charge in [-0.15, -0.1) is 0 Å². The SMILES string of the molecule is CC(NC(=O)N1CCCC(NS(C)(=O)=O)C1)c1ccccn1. The number of carbonyl (C=O) groups excluding carboxylic acids is 1. The maximum atomic E-state index is 12.3. The molecule has 1 aromatic heterocycles. The highest BCUT2D eigenvalue weighted by Crippen LogP contribution is 2.13. The summed E-state index contributed by atoms with van der Waals surface area (Å²) in [6.07, 6.45) is 4.34. The Morgan fingerprint density at radius 2 is 2.23 bits per heavy atom. The Hall–Kier alpha value is -1.67. The van der Waals surface area contributed by atoms with Crippen LogP contribution in [0.2, 0.25) is 0 Å². The molecule has 0 saturated carbocycles. The molecule has 2 unspecified atom stereocenters. The number of likely N-dealkylation sites (tertiary alicyclic amines) is 1. The van der Waals surface area contributed by atoms with Crippen LogP contribution in [-0.2, 0) is 10.0 Å². The highest BCUT2D eigenvalue weighted by molar-refractivity contribution is 7.88. The van der Waals surface area contributed by atoms with Gasteiger partial charge in [0.15, 0.2) is 0 Å². The van der Waals surface area contributed by atoms with Crippen LogP contribution in [0.1, 0.15) is 31.5 Å². The van der Waals surface area contributed by atoms with Crippen LogP contribution in [0.3, 0.4) is 0 Å². The average molecular weight is 326 g/mol. The van der Waals surface area contributed by atoms with Crippen LogP contribution in [0.25, 0.3) is 0 Å². The van der Waals surface area contributed by atoms with Crippen molar-refractivity contribution in [3.05, 3.63) is 30.1 Å². The summed E-state index contributed by atoms with van der Waals surface area (Å²) in [5, 5.41) is 2.90. The third-order valence-corrected chi connectivity index (χ3v) is 4.32. The zero-order valence-electron chi connectivity index (χ0n) is 12.8. The number of rotatable bonds is 4. The van der Waals surface area contributed by atoms with Gasteiger partial charge in [0.1, 0.15) is 0 Å². The molecule has 1 saturated heterocycles. The fourth-order valence-corrected chi connectivity index (χ4v) is 3.34. The van der Waals surface area contributed by atoms with E-state index in [9.17, 15) is 13.2 Å². The molecule has 1 fully saturated rings. The van der Waals surface area contributed by atoms with E-state index in [1.807, 2.05) is 25.1 Å². The molecule has 1 aliphatic heterocycles. The van der Waals surface area contributed by atoms with Gasteiger partial charge in [0, 0.05) is 25.3 Å². The number of hydrogen-bond acceptors (Lipinski definition) is 4. The molecule has 7 nitrogen and oxygen atoms in total. The van der Waals surface area contributed by atoms with E-state index in [1.165, 1.54) is 0 Å². The van der Waals surface area contributed by atoms with E-state index in [2.05, 4.69) is 15.0 Å². The Morgan fingerprint density at radius 3 is 2.86 bits per heavy atom. The Labute approximate surface area is 131 Å². The number of carbonyl (C=O) groups is 1. The van der Waals surface area contributed by atoms with Crippen molar-refractivity contribution in [1.29, 1.82) is 0 Å². The van der Waals surface area contributed by atoms with Gasteiger partial charge in [-0.2, -0.15) is 0 Å². The van der Waals surface area contributed by atoms with Crippen molar-refractivity contribution in [1.82, 2.24) is 19.9 Å². The van der Waals surface area contributed by atoms with Crippen molar-refractivity contribution in [3.8, 4) is 0 Å². The van der Waals surface area contributed by atoms with E-state index < -0.39 is 10.0 Å². The fraction of sp³-hybridized carbons (Fsp3) is 0.571. The van der Waals surface area contributed by atoms with Crippen molar-refractivity contribution < 1.29 is 13.2 Å². The van der Waals surface area contributed by atoms with Gasteiger partial charge < -0.3 is 10.2 Å². The molecule has 22 heavy (non-hydrogen) atoms. The zero-order chi connectivity index (χ0) is 16.2. The first kappa shape index (κ1) is 16.7. The van der Waals surface area contributed by atoms with Crippen LogP contribution in [0, 0.1) is 0 Å². The monoisotopic (exact) mass is 326 g/mol. The Balaban J connectivity index is 1.92. The summed E-state index contributed by atoms with van der Waals surface area (Å²) in [5.41, 5.74) is 0.790. The van der Waals surface area contributed by atoms with E-state index in [-0.39, 0.29) is 18.1 Å². The molecule has 0 aromatic carbocycles. The first-order chi connectivity index (χ1) is 10.3. The van der Waals surface area contributed by atoms with Crippen molar-refractivity contribution in [3.63, 3.8) is 0 Å². The van der Waals surface area contributed by atoms with Crippen molar-refractivity contribution in [2.45, 2.75) is 31.8 Å². The van der Waals surface area contributed by atoms with Gasteiger partial charge in [-0.1, -0.05) is 6.07 Å². The number of hydrogen-bond donors (Lipinski definition) is 2. The van der Waals surface area contributed by atoms with Crippen LogP contribution in [0.4, 0.5) is 4.79 Å². The molecule has 2 heterocycles. The van der Waals surface area contributed by atoms with Gasteiger partial charge in [-0.25, -0.2) is 17.9 Å². The average Bonchev–Trinajstić information content (AvgIpc) is 2.46. The number of amides is 2. The summed E-state index contributed by atoms with van der Waals surface area (Å²) >= 11 is 0. The maximum absolute atomic E-state index is 12.3. The number of piperidine rings is 1. The lowest BCUT2D eigenvalue weighted by molar-refractivity contribution is 0.174. The van der Waals surface area contributed by atoms with Crippen LogP contribution in [-0.4, -0.2) is 49.7 Å². The van der Waals surface area contributed by atoms with Crippen molar-refractivity contribution >= 4 is 16.1 Å². The molecule has 122 valence electrons. The molecule has 1 aliphatic rings. The molecule has 1 aromatic rings. The quantitative estimate of drug-likeness (QED) is 0.859. The normalized spacial score (nSPS) is 20.5. The molecule has 0 spiro atoms. The van der Waals surface area contributed by atoms with Crippen LogP contribution in [0.15, 0.2) is 24.4 Å². The number of urea groups is 1. The lowest BCUT2D eigenvalue weighted by atomic mass is 10.1. The van der Waals surface area contributed by atoms with Crippen LogP contribution in [0.5, 0.6) is 0 Å². The smallest absolute Gasteiger partial charge is 0.317 e. The topological polar surface area (TPSA) is 91.4 Å². The summed E-state index contributed by atoms with van der Waals surface area (Å²) in [4.78, 5) is 18.2. The Bertz CT molecular complexity index is 606. The second-order valence-electron chi connectivity index (χ2n) is 5.60. The highest BCUT2D eigenvalue weighted by atomic mass is 32.2.